The van der Waals surface area contributed by atoms with Crippen LogP contribution in [0.3, 0.4) is 0 Å². The number of carbonyl (C=O) groups excluding carboxylic acids is 2. The van der Waals surface area contributed by atoms with E-state index in [2.05, 4.69) is 4.98 Å². The number of carbonyl (C=O) groups is 2. The molecule has 3 rings (SSSR count). The Morgan fingerprint density at radius 3 is 2.85 bits per heavy atom. The number of fused-ring (bicyclic) bond motifs is 1. The molecule has 0 atom stereocenters. The van der Waals surface area contributed by atoms with Crippen LogP contribution in [0, 0.1) is 0 Å². The second-order valence-electron chi connectivity index (χ2n) is 5.38. The van der Waals surface area contributed by atoms with E-state index in [1.807, 2.05) is 0 Å². The predicted octanol–water partition coefficient (Wildman–Crippen LogP) is 2.53. The van der Waals surface area contributed by atoms with Crippen molar-refractivity contribution >= 4 is 33.3 Å². The molecule has 0 saturated carbocycles. The molecule has 0 fully saturated rings. The van der Waals surface area contributed by atoms with Crippen molar-refractivity contribution in [2.24, 2.45) is 0 Å². The second kappa shape index (κ2) is 7.49. The lowest BCUT2D eigenvalue weighted by Gasteiger charge is -2.07. The average Bonchev–Trinajstić information content (AvgIpc) is 3.09. The highest BCUT2D eigenvalue weighted by molar-refractivity contribution is 7.17. The number of esters is 1. The van der Waals surface area contributed by atoms with Crippen molar-refractivity contribution in [2.45, 2.75) is 13.5 Å². The van der Waals surface area contributed by atoms with Crippen LogP contribution in [-0.4, -0.2) is 35.0 Å². The van der Waals surface area contributed by atoms with Crippen LogP contribution in [0.25, 0.3) is 10.2 Å². The van der Waals surface area contributed by atoms with Crippen molar-refractivity contribution in [3.05, 3.63) is 57.5 Å². The molecule has 7 nitrogen and oxygen atoms in total. The normalized spacial score (nSPS) is 10.7. The van der Waals surface area contributed by atoms with Gasteiger partial charge in [-0.3, -0.25) is 14.2 Å². The van der Waals surface area contributed by atoms with Gasteiger partial charge in [-0.05, 0) is 19.1 Å². The molecule has 0 aliphatic heterocycles. The molecule has 0 aliphatic carbocycles. The molecular weight excluding hydrogens is 356 g/mol. The molecule has 2 aromatic heterocycles. The molecule has 134 valence electrons. The van der Waals surface area contributed by atoms with Gasteiger partial charge in [-0.25, -0.2) is 9.78 Å². The minimum Gasteiger partial charge on any atom is -0.497 e. The molecule has 26 heavy (non-hydrogen) atoms. The van der Waals surface area contributed by atoms with E-state index in [1.165, 1.54) is 29.3 Å². The second-order valence-corrected chi connectivity index (χ2v) is 6.24. The molecule has 1 aromatic carbocycles. The number of ether oxygens (including phenoxy) is 2. The van der Waals surface area contributed by atoms with Crippen LogP contribution in [0.2, 0.25) is 0 Å². The fourth-order valence-electron chi connectivity index (χ4n) is 2.48. The summed E-state index contributed by atoms with van der Waals surface area (Å²) in [5.74, 6) is -0.284. The Morgan fingerprint density at radius 2 is 2.12 bits per heavy atom. The largest absolute Gasteiger partial charge is 0.497 e. The van der Waals surface area contributed by atoms with E-state index in [9.17, 15) is 14.4 Å². The van der Waals surface area contributed by atoms with Crippen molar-refractivity contribution in [3.8, 4) is 5.75 Å². The summed E-state index contributed by atoms with van der Waals surface area (Å²) in [4.78, 5) is 41.9. The van der Waals surface area contributed by atoms with E-state index < -0.39 is 11.5 Å². The topological polar surface area (TPSA) is 87.5 Å². The number of Topliss-reactive ketones (excluding diaryl/α,β-unsaturated/α-hetero) is 1. The first-order valence-electron chi connectivity index (χ1n) is 7.86. The van der Waals surface area contributed by atoms with Gasteiger partial charge in [0.15, 0.2) is 5.78 Å². The van der Waals surface area contributed by atoms with E-state index in [1.54, 1.807) is 36.6 Å². The number of ketones is 1. The van der Waals surface area contributed by atoms with Gasteiger partial charge in [0, 0.05) is 10.9 Å². The Hall–Kier alpha value is -3.00. The molecular formula is C18H16N2O5S. The maximum absolute atomic E-state index is 12.8. The fourth-order valence-corrected chi connectivity index (χ4v) is 3.35. The molecule has 0 unspecified atom stereocenters. The standard InChI is InChI=1S/C18H16N2O5S/c1-3-25-18(23)13-9-26-16-15(13)17(22)20(10-19-16)8-14(21)11-5-4-6-12(7-11)24-2/h4-7,9-10H,3,8H2,1-2H3. The van der Waals surface area contributed by atoms with Crippen molar-refractivity contribution in [1.29, 1.82) is 0 Å². The summed E-state index contributed by atoms with van der Waals surface area (Å²) in [5.41, 5.74) is 0.148. The zero-order valence-electron chi connectivity index (χ0n) is 14.2. The first-order chi connectivity index (χ1) is 12.5. The van der Waals surface area contributed by atoms with Crippen molar-refractivity contribution in [3.63, 3.8) is 0 Å². The Morgan fingerprint density at radius 1 is 1.31 bits per heavy atom. The highest BCUT2D eigenvalue weighted by Gasteiger charge is 2.19. The van der Waals surface area contributed by atoms with Gasteiger partial charge in [-0.2, -0.15) is 0 Å². The first kappa shape index (κ1) is 17.8. The smallest absolute Gasteiger partial charge is 0.339 e. The first-order valence-corrected chi connectivity index (χ1v) is 8.74. The highest BCUT2D eigenvalue weighted by atomic mass is 32.1. The number of methoxy groups -OCH3 is 1. The number of rotatable bonds is 6. The minimum atomic E-state index is -0.575. The number of hydrogen-bond acceptors (Lipinski definition) is 7. The molecule has 0 spiro atoms. The molecule has 0 bridgehead atoms. The molecule has 2 heterocycles. The fraction of sp³-hybridized carbons (Fsp3) is 0.222. The van der Waals surface area contributed by atoms with E-state index in [0.717, 1.165) is 0 Å². The van der Waals surface area contributed by atoms with E-state index in [0.29, 0.717) is 16.1 Å². The van der Waals surface area contributed by atoms with Crippen molar-refractivity contribution < 1.29 is 19.1 Å². The van der Waals surface area contributed by atoms with Crippen molar-refractivity contribution in [1.82, 2.24) is 9.55 Å². The van der Waals surface area contributed by atoms with Gasteiger partial charge in [0.2, 0.25) is 0 Å². The molecule has 8 heteroatoms. The van der Waals surface area contributed by atoms with Gasteiger partial charge in [-0.15, -0.1) is 11.3 Å². The van der Waals surface area contributed by atoms with Crippen LogP contribution in [0.4, 0.5) is 0 Å². The third kappa shape index (κ3) is 3.36. The number of thiophene rings is 1. The summed E-state index contributed by atoms with van der Waals surface area (Å²) < 4.78 is 11.3. The number of aromatic nitrogens is 2. The van der Waals surface area contributed by atoms with Crippen LogP contribution < -0.4 is 10.3 Å². The summed E-state index contributed by atoms with van der Waals surface area (Å²) in [7, 11) is 1.51. The van der Waals surface area contributed by atoms with Crippen LogP contribution in [0.1, 0.15) is 27.6 Å². The monoisotopic (exact) mass is 372 g/mol. The third-order valence-electron chi connectivity index (χ3n) is 3.76. The number of hydrogen-bond donors (Lipinski definition) is 0. The van der Waals surface area contributed by atoms with E-state index in [-0.39, 0.29) is 29.9 Å². The van der Waals surface area contributed by atoms with Crippen molar-refractivity contribution in [2.75, 3.05) is 13.7 Å². The Labute approximate surface area is 152 Å². The Kier molecular flexibility index (Phi) is 5.13. The van der Waals surface area contributed by atoms with E-state index in [4.69, 9.17) is 9.47 Å². The maximum atomic E-state index is 12.8. The van der Waals surface area contributed by atoms with Crippen LogP contribution in [-0.2, 0) is 11.3 Å². The molecule has 0 aliphatic rings. The molecule has 0 N–H and O–H groups in total. The highest BCUT2D eigenvalue weighted by Crippen LogP contribution is 2.21. The van der Waals surface area contributed by atoms with Crippen LogP contribution in [0.5, 0.6) is 5.75 Å². The third-order valence-corrected chi connectivity index (χ3v) is 4.65. The molecule has 3 aromatic rings. The minimum absolute atomic E-state index is 0.174. The SMILES string of the molecule is CCOC(=O)c1csc2ncn(CC(=O)c3cccc(OC)c3)c(=O)c12. The van der Waals surface area contributed by atoms with Gasteiger partial charge in [0.25, 0.3) is 5.56 Å². The Bertz CT molecular complexity index is 1040. The summed E-state index contributed by atoms with van der Waals surface area (Å²) in [6.07, 6.45) is 1.31. The van der Waals surface area contributed by atoms with Gasteiger partial charge >= 0.3 is 5.97 Å². The van der Waals surface area contributed by atoms with Gasteiger partial charge in [-0.1, -0.05) is 12.1 Å². The predicted molar refractivity (Wildman–Crippen MR) is 97.2 cm³/mol. The molecule has 0 amide bonds. The lowest BCUT2D eigenvalue weighted by atomic mass is 10.1. The molecule has 0 saturated heterocycles. The summed E-state index contributed by atoms with van der Waals surface area (Å²) in [6, 6.07) is 6.69. The zero-order valence-corrected chi connectivity index (χ0v) is 15.0. The van der Waals surface area contributed by atoms with E-state index >= 15 is 0 Å². The lowest BCUT2D eigenvalue weighted by molar-refractivity contribution is 0.0529. The van der Waals surface area contributed by atoms with Gasteiger partial charge in [0.1, 0.15) is 10.6 Å². The van der Waals surface area contributed by atoms with Crippen LogP contribution >= 0.6 is 11.3 Å². The van der Waals surface area contributed by atoms with Gasteiger partial charge in [0.05, 0.1) is 37.5 Å². The summed E-state index contributed by atoms with van der Waals surface area (Å²) in [6.45, 7) is 1.71. The molecule has 0 radical (unpaired) electrons. The Balaban J connectivity index is 1.96. The van der Waals surface area contributed by atoms with Crippen LogP contribution in [0.15, 0.2) is 40.8 Å². The number of benzene rings is 1. The zero-order chi connectivity index (χ0) is 18.7. The number of nitrogens with zero attached hydrogens (tertiary/aromatic N) is 2. The quantitative estimate of drug-likeness (QED) is 0.488. The van der Waals surface area contributed by atoms with Gasteiger partial charge < -0.3 is 9.47 Å². The average molecular weight is 372 g/mol. The summed E-state index contributed by atoms with van der Waals surface area (Å²) >= 11 is 1.18. The maximum Gasteiger partial charge on any atom is 0.339 e. The lowest BCUT2D eigenvalue weighted by Crippen LogP contribution is -2.25. The summed E-state index contributed by atoms with van der Waals surface area (Å²) in [5, 5.41) is 1.72.